The van der Waals surface area contributed by atoms with Crippen molar-refractivity contribution in [3.8, 4) is 0 Å². The molecule has 0 amide bonds. The van der Waals surface area contributed by atoms with Crippen LogP contribution >= 0.6 is 0 Å². The topological polar surface area (TPSA) is 12.0 Å². The molecule has 0 saturated carbocycles. The van der Waals surface area contributed by atoms with Crippen molar-refractivity contribution in [2.45, 2.75) is 72.9 Å². The highest BCUT2D eigenvalue weighted by Gasteiger charge is 2.21. The molecule has 0 heterocycles. The Bertz CT molecular complexity index is 363. The van der Waals surface area contributed by atoms with Crippen LogP contribution in [0.2, 0.25) is 0 Å². The Morgan fingerprint density at radius 3 is 2.15 bits per heavy atom. The Kier molecular flexibility index (Phi) is 6.75. The second-order valence-corrected chi connectivity index (χ2v) is 7.54. The molecule has 1 rings (SSSR count). The lowest BCUT2D eigenvalue weighted by Gasteiger charge is -2.30. The zero-order valence-corrected chi connectivity index (χ0v) is 14.2. The van der Waals surface area contributed by atoms with E-state index >= 15 is 0 Å². The lowest BCUT2D eigenvalue weighted by Crippen LogP contribution is -2.34. The molecule has 0 bridgehead atoms. The van der Waals surface area contributed by atoms with Crippen molar-refractivity contribution >= 4 is 0 Å². The third kappa shape index (κ3) is 6.56. The van der Waals surface area contributed by atoms with Crippen LogP contribution in [0.15, 0.2) is 30.3 Å². The first-order valence-corrected chi connectivity index (χ1v) is 8.13. The van der Waals surface area contributed by atoms with Crippen molar-refractivity contribution in [3.63, 3.8) is 0 Å². The van der Waals surface area contributed by atoms with Gasteiger partial charge in [-0.25, -0.2) is 0 Å². The van der Waals surface area contributed by atoms with E-state index < -0.39 is 0 Å². The van der Waals surface area contributed by atoms with Gasteiger partial charge in [0.2, 0.25) is 0 Å². The van der Waals surface area contributed by atoms with Gasteiger partial charge in [-0.05, 0) is 36.7 Å². The standard InChI is InChI=1S/C19H33N/c1-7-15(2)13-16(3)20-18(14-19(4,5)6)17-11-9-8-10-12-17/h8-12,15-16,18,20H,7,13-14H2,1-6H3. The molecule has 1 aromatic rings. The minimum atomic E-state index is 0.337. The summed E-state index contributed by atoms with van der Waals surface area (Å²) in [5.41, 5.74) is 1.75. The van der Waals surface area contributed by atoms with Crippen LogP contribution in [0.25, 0.3) is 0 Å². The van der Waals surface area contributed by atoms with E-state index in [1.54, 1.807) is 0 Å². The molecular weight excluding hydrogens is 242 g/mol. The van der Waals surface area contributed by atoms with Gasteiger partial charge in [0, 0.05) is 12.1 Å². The highest BCUT2D eigenvalue weighted by Crippen LogP contribution is 2.30. The summed E-state index contributed by atoms with van der Waals surface area (Å²) in [5, 5.41) is 3.86. The van der Waals surface area contributed by atoms with Gasteiger partial charge >= 0.3 is 0 Å². The molecule has 0 aliphatic rings. The van der Waals surface area contributed by atoms with E-state index in [1.165, 1.54) is 24.8 Å². The molecule has 0 spiro atoms. The largest absolute Gasteiger partial charge is 0.307 e. The number of nitrogens with one attached hydrogen (secondary N) is 1. The Morgan fingerprint density at radius 1 is 1.05 bits per heavy atom. The zero-order chi connectivity index (χ0) is 15.2. The summed E-state index contributed by atoms with van der Waals surface area (Å²) in [6, 6.07) is 11.9. The molecule has 1 heteroatoms. The van der Waals surface area contributed by atoms with E-state index in [4.69, 9.17) is 0 Å². The molecule has 1 N–H and O–H groups in total. The fourth-order valence-corrected chi connectivity index (χ4v) is 2.75. The molecule has 0 saturated heterocycles. The van der Waals surface area contributed by atoms with Crippen molar-refractivity contribution in [2.24, 2.45) is 11.3 Å². The molecule has 3 unspecified atom stereocenters. The molecule has 0 radical (unpaired) electrons. The summed E-state index contributed by atoms with van der Waals surface area (Å²) in [5.74, 6) is 0.795. The Morgan fingerprint density at radius 2 is 1.65 bits per heavy atom. The van der Waals surface area contributed by atoms with Crippen LogP contribution in [0.1, 0.15) is 72.4 Å². The Hall–Kier alpha value is -0.820. The van der Waals surface area contributed by atoms with E-state index in [0.29, 0.717) is 17.5 Å². The first-order chi connectivity index (χ1) is 9.31. The highest BCUT2D eigenvalue weighted by molar-refractivity contribution is 5.19. The smallest absolute Gasteiger partial charge is 0.0327 e. The zero-order valence-electron chi connectivity index (χ0n) is 14.2. The molecule has 1 aromatic carbocycles. The highest BCUT2D eigenvalue weighted by atomic mass is 14.9. The summed E-state index contributed by atoms with van der Waals surface area (Å²) >= 11 is 0. The van der Waals surface area contributed by atoms with Crippen molar-refractivity contribution in [1.29, 1.82) is 0 Å². The van der Waals surface area contributed by atoms with Gasteiger partial charge in [-0.2, -0.15) is 0 Å². The van der Waals surface area contributed by atoms with Gasteiger partial charge in [0.25, 0.3) is 0 Å². The van der Waals surface area contributed by atoms with Gasteiger partial charge in [-0.1, -0.05) is 71.4 Å². The molecule has 0 fully saturated rings. The molecule has 0 aromatic heterocycles. The van der Waals surface area contributed by atoms with Crippen LogP contribution in [0, 0.1) is 11.3 Å². The number of hydrogen-bond acceptors (Lipinski definition) is 1. The molecule has 114 valence electrons. The monoisotopic (exact) mass is 275 g/mol. The summed E-state index contributed by atoms with van der Waals surface area (Å²) in [4.78, 5) is 0. The lowest BCUT2D eigenvalue weighted by molar-refractivity contribution is 0.282. The van der Waals surface area contributed by atoms with Crippen LogP contribution in [0.5, 0.6) is 0 Å². The fraction of sp³-hybridized carbons (Fsp3) is 0.684. The van der Waals surface area contributed by atoms with Gasteiger partial charge in [0.05, 0.1) is 0 Å². The Labute approximate surface area is 126 Å². The predicted molar refractivity (Wildman–Crippen MR) is 89.9 cm³/mol. The maximum Gasteiger partial charge on any atom is 0.0327 e. The summed E-state index contributed by atoms with van der Waals surface area (Å²) < 4.78 is 0. The molecule has 20 heavy (non-hydrogen) atoms. The van der Waals surface area contributed by atoms with Gasteiger partial charge in [0.1, 0.15) is 0 Å². The van der Waals surface area contributed by atoms with Gasteiger partial charge < -0.3 is 5.32 Å². The van der Waals surface area contributed by atoms with E-state index in [2.05, 4.69) is 77.2 Å². The van der Waals surface area contributed by atoms with E-state index in [1.807, 2.05) is 0 Å². The van der Waals surface area contributed by atoms with Crippen LogP contribution < -0.4 is 5.32 Å². The average molecular weight is 275 g/mol. The normalized spacial score (nSPS) is 16.7. The van der Waals surface area contributed by atoms with E-state index in [-0.39, 0.29) is 0 Å². The van der Waals surface area contributed by atoms with E-state index in [9.17, 15) is 0 Å². The average Bonchev–Trinajstić information content (AvgIpc) is 2.37. The van der Waals surface area contributed by atoms with Gasteiger partial charge in [0.15, 0.2) is 0 Å². The number of rotatable bonds is 7. The molecule has 0 aliphatic carbocycles. The third-order valence-corrected chi connectivity index (χ3v) is 3.96. The third-order valence-electron chi connectivity index (χ3n) is 3.96. The van der Waals surface area contributed by atoms with Crippen LogP contribution in [0.4, 0.5) is 0 Å². The second kappa shape index (κ2) is 7.83. The lowest BCUT2D eigenvalue weighted by atomic mass is 9.85. The summed E-state index contributed by atoms with van der Waals surface area (Å²) in [6.45, 7) is 13.9. The Balaban J connectivity index is 2.73. The second-order valence-electron chi connectivity index (χ2n) is 7.54. The maximum absolute atomic E-state index is 3.86. The van der Waals surface area contributed by atoms with Gasteiger partial charge in [-0.15, -0.1) is 0 Å². The van der Waals surface area contributed by atoms with Crippen molar-refractivity contribution in [1.82, 2.24) is 5.32 Å². The molecule has 1 nitrogen and oxygen atoms in total. The maximum atomic E-state index is 3.86. The molecule has 0 aliphatic heterocycles. The summed E-state index contributed by atoms with van der Waals surface area (Å²) in [7, 11) is 0. The minimum Gasteiger partial charge on any atom is -0.307 e. The summed E-state index contributed by atoms with van der Waals surface area (Å²) in [6.07, 6.45) is 3.69. The van der Waals surface area contributed by atoms with Crippen LogP contribution in [-0.2, 0) is 0 Å². The first kappa shape index (κ1) is 17.2. The van der Waals surface area contributed by atoms with Crippen molar-refractivity contribution in [2.75, 3.05) is 0 Å². The SMILES string of the molecule is CCC(C)CC(C)NC(CC(C)(C)C)c1ccccc1. The number of benzene rings is 1. The first-order valence-electron chi connectivity index (χ1n) is 8.13. The van der Waals surface area contributed by atoms with Crippen LogP contribution in [-0.4, -0.2) is 6.04 Å². The molecular formula is C19H33N. The van der Waals surface area contributed by atoms with Crippen molar-refractivity contribution in [3.05, 3.63) is 35.9 Å². The number of hydrogen-bond donors (Lipinski definition) is 1. The quantitative estimate of drug-likeness (QED) is 0.685. The minimum absolute atomic E-state index is 0.337. The van der Waals surface area contributed by atoms with Gasteiger partial charge in [-0.3, -0.25) is 0 Å². The predicted octanol–water partition coefficient (Wildman–Crippen LogP) is 5.58. The van der Waals surface area contributed by atoms with Crippen molar-refractivity contribution < 1.29 is 0 Å². The fourth-order valence-electron chi connectivity index (χ4n) is 2.75. The van der Waals surface area contributed by atoms with Crippen LogP contribution in [0.3, 0.4) is 0 Å². The van der Waals surface area contributed by atoms with E-state index in [0.717, 1.165) is 5.92 Å². The molecule has 3 atom stereocenters.